The molecule has 5 nitrogen and oxygen atoms in total. The van der Waals surface area contributed by atoms with Gasteiger partial charge in [0.15, 0.2) is 0 Å². The highest BCUT2D eigenvalue weighted by Crippen LogP contribution is 2.12. The fourth-order valence-electron chi connectivity index (χ4n) is 2.24. The minimum absolute atomic E-state index is 0.280. The van der Waals surface area contributed by atoms with Gasteiger partial charge >= 0.3 is 0 Å². The van der Waals surface area contributed by atoms with E-state index in [0.29, 0.717) is 19.0 Å². The summed E-state index contributed by atoms with van der Waals surface area (Å²) >= 11 is 0. The highest BCUT2D eigenvalue weighted by molar-refractivity contribution is 5.35. The van der Waals surface area contributed by atoms with E-state index in [0.717, 1.165) is 5.56 Å². The molecule has 5 heteroatoms. The number of benzene rings is 2. The Labute approximate surface area is 129 Å². The van der Waals surface area contributed by atoms with Gasteiger partial charge in [0.25, 0.3) is 0 Å². The van der Waals surface area contributed by atoms with Gasteiger partial charge in [0.1, 0.15) is 0 Å². The molecular formula is C17H19N5. The molecule has 1 aromatic heterocycles. The number of rotatable bonds is 5. The van der Waals surface area contributed by atoms with E-state index in [1.165, 1.54) is 11.1 Å². The van der Waals surface area contributed by atoms with Gasteiger partial charge in [-0.05, 0) is 18.1 Å². The standard InChI is InChI=1S/C17H19N5/c1-13-7-9-14(10-8-13)11-19-17-20-16(18)21-22(17)12-15-5-3-2-4-6-15/h2-10H,11-12H2,1H3,(H3,18,19,20,21). The molecule has 0 bridgehead atoms. The van der Waals surface area contributed by atoms with Crippen molar-refractivity contribution in [2.45, 2.75) is 20.0 Å². The van der Waals surface area contributed by atoms with E-state index >= 15 is 0 Å². The maximum Gasteiger partial charge on any atom is 0.241 e. The summed E-state index contributed by atoms with van der Waals surface area (Å²) in [6.45, 7) is 3.41. The van der Waals surface area contributed by atoms with Crippen molar-refractivity contribution >= 4 is 11.9 Å². The second-order valence-corrected chi connectivity index (χ2v) is 5.28. The monoisotopic (exact) mass is 293 g/mol. The van der Waals surface area contributed by atoms with E-state index in [-0.39, 0.29) is 5.95 Å². The predicted octanol–water partition coefficient (Wildman–Crippen LogP) is 2.83. The van der Waals surface area contributed by atoms with Gasteiger partial charge in [-0.1, -0.05) is 60.2 Å². The van der Waals surface area contributed by atoms with E-state index in [4.69, 9.17) is 5.73 Å². The Morgan fingerprint density at radius 2 is 1.73 bits per heavy atom. The van der Waals surface area contributed by atoms with Crippen LogP contribution in [0.15, 0.2) is 54.6 Å². The number of hydrogen-bond donors (Lipinski definition) is 2. The minimum atomic E-state index is 0.280. The van der Waals surface area contributed by atoms with Crippen molar-refractivity contribution < 1.29 is 0 Å². The molecule has 0 fully saturated rings. The zero-order valence-corrected chi connectivity index (χ0v) is 12.5. The molecule has 2 aromatic carbocycles. The minimum Gasteiger partial charge on any atom is -0.366 e. The van der Waals surface area contributed by atoms with Crippen LogP contribution in [0.3, 0.4) is 0 Å². The number of nitrogen functional groups attached to an aromatic ring is 1. The number of nitrogens with one attached hydrogen (secondary N) is 1. The molecule has 0 saturated carbocycles. The summed E-state index contributed by atoms with van der Waals surface area (Å²) in [4.78, 5) is 4.26. The fourth-order valence-corrected chi connectivity index (χ4v) is 2.24. The van der Waals surface area contributed by atoms with E-state index < -0.39 is 0 Å². The molecular weight excluding hydrogens is 274 g/mol. The highest BCUT2D eigenvalue weighted by Gasteiger charge is 2.08. The maximum absolute atomic E-state index is 5.74. The van der Waals surface area contributed by atoms with E-state index in [9.17, 15) is 0 Å². The molecule has 0 atom stereocenters. The van der Waals surface area contributed by atoms with Crippen molar-refractivity contribution in [3.63, 3.8) is 0 Å². The van der Waals surface area contributed by atoms with E-state index in [1.54, 1.807) is 4.68 Å². The summed E-state index contributed by atoms with van der Waals surface area (Å²) in [5.74, 6) is 0.962. The lowest BCUT2D eigenvalue weighted by atomic mass is 10.1. The van der Waals surface area contributed by atoms with Gasteiger partial charge in [-0.3, -0.25) is 0 Å². The van der Waals surface area contributed by atoms with Crippen LogP contribution in [0.25, 0.3) is 0 Å². The third kappa shape index (κ3) is 3.44. The van der Waals surface area contributed by atoms with Crippen LogP contribution in [0.5, 0.6) is 0 Å². The lowest BCUT2D eigenvalue weighted by Crippen LogP contribution is -2.09. The number of hydrogen-bond acceptors (Lipinski definition) is 4. The highest BCUT2D eigenvalue weighted by atomic mass is 15.4. The Kier molecular flexibility index (Phi) is 4.05. The van der Waals surface area contributed by atoms with Crippen molar-refractivity contribution in [1.82, 2.24) is 14.8 Å². The van der Waals surface area contributed by atoms with Gasteiger partial charge < -0.3 is 11.1 Å². The van der Waals surface area contributed by atoms with Crippen LogP contribution < -0.4 is 11.1 Å². The Balaban J connectivity index is 1.72. The molecule has 0 spiro atoms. The topological polar surface area (TPSA) is 68.8 Å². The summed E-state index contributed by atoms with van der Waals surface area (Å²) in [6, 6.07) is 18.5. The van der Waals surface area contributed by atoms with Crippen LogP contribution >= 0.6 is 0 Å². The summed E-state index contributed by atoms with van der Waals surface area (Å²) in [5, 5.41) is 7.55. The Morgan fingerprint density at radius 1 is 1.00 bits per heavy atom. The smallest absolute Gasteiger partial charge is 0.241 e. The van der Waals surface area contributed by atoms with Crippen LogP contribution in [0.2, 0.25) is 0 Å². The zero-order chi connectivity index (χ0) is 15.4. The average Bonchev–Trinajstić information content (AvgIpc) is 2.87. The normalized spacial score (nSPS) is 10.6. The number of nitrogens with two attached hydrogens (primary N) is 1. The van der Waals surface area contributed by atoms with Gasteiger partial charge in [0.05, 0.1) is 6.54 Å². The second-order valence-electron chi connectivity index (χ2n) is 5.28. The summed E-state index contributed by atoms with van der Waals surface area (Å²) in [7, 11) is 0. The van der Waals surface area contributed by atoms with Crippen molar-refractivity contribution in [2.75, 3.05) is 11.1 Å². The molecule has 22 heavy (non-hydrogen) atoms. The van der Waals surface area contributed by atoms with Crippen LogP contribution in [0.4, 0.5) is 11.9 Å². The maximum atomic E-state index is 5.74. The lowest BCUT2D eigenvalue weighted by molar-refractivity contribution is 0.691. The van der Waals surface area contributed by atoms with Gasteiger partial charge in [-0.2, -0.15) is 4.98 Å². The molecule has 0 aliphatic carbocycles. The molecule has 0 aliphatic heterocycles. The second kappa shape index (κ2) is 6.30. The fraction of sp³-hybridized carbons (Fsp3) is 0.176. The zero-order valence-electron chi connectivity index (χ0n) is 12.5. The molecule has 3 rings (SSSR count). The summed E-state index contributed by atoms with van der Waals surface area (Å²) < 4.78 is 1.79. The molecule has 3 N–H and O–H groups in total. The largest absolute Gasteiger partial charge is 0.366 e. The van der Waals surface area contributed by atoms with E-state index in [2.05, 4.69) is 58.7 Å². The molecule has 0 aliphatic rings. The molecule has 0 radical (unpaired) electrons. The molecule has 0 unspecified atom stereocenters. The molecule has 0 amide bonds. The first-order valence-electron chi connectivity index (χ1n) is 7.24. The van der Waals surface area contributed by atoms with Crippen molar-refractivity contribution in [1.29, 1.82) is 0 Å². The van der Waals surface area contributed by atoms with Crippen molar-refractivity contribution in [3.8, 4) is 0 Å². The quantitative estimate of drug-likeness (QED) is 0.759. The predicted molar refractivity (Wildman–Crippen MR) is 88.5 cm³/mol. The molecule has 3 aromatic rings. The van der Waals surface area contributed by atoms with Crippen molar-refractivity contribution in [2.24, 2.45) is 0 Å². The van der Waals surface area contributed by atoms with Gasteiger partial charge in [-0.25, -0.2) is 4.68 Å². The number of aromatic nitrogens is 3. The average molecular weight is 293 g/mol. The third-order valence-corrected chi connectivity index (χ3v) is 3.43. The van der Waals surface area contributed by atoms with Gasteiger partial charge in [0.2, 0.25) is 11.9 Å². The lowest BCUT2D eigenvalue weighted by Gasteiger charge is -2.08. The number of aryl methyl sites for hydroxylation is 1. The first-order valence-corrected chi connectivity index (χ1v) is 7.24. The van der Waals surface area contributed by atoms with Crippen LogP contribution in [0.1, 0.15) is 16.7 Å². The summed E-state index contributed by atoms with van der Waals surface area (Å²) in [6.07, 6.45) is 0. The summed E-state index contributed by atoms with van der Waals surface area (Å²) in [5.41, 5.74) is 9.34. The Bertz CT molecular complexity index is 732. The van der Waals surface area contributed by atoms with Crippen LogP contribution in [-0.2, 0) is 13.1 Å². The number of nitrogens with zero attached hydrogens (tertiary/aromatic N) is 3. The Hall–Kier alpha value is -2.82. The van der Waals surface area contributed by atoms with Crippen LogP contribution in [0, 0.1) is 6.92 Å². The van der Waals surface area contributed by atoms with Gasteiger partial charge in [-0.15, -0.1) is 5.10 Å². The molecule has 0 saturated heterocycles. The number of anilines is 2. The SMILES string of the molecule is Cc1ccc(CNc2nc(N)nn2Cc2ccccc2)cc1. The first kappa shape index (κ1) is 14.1. The van der Waals surface area contributed by atoms with Crippen LogP contribution in [-0.4, -0.2) is 14.8 Å². The first-order chi connectivity index (χ1) is 10.7. The van der Waals surface area contributed by atoms with Gasteiger partial charge in [0, 0.05) is 6.54 Å². The van der Waals surface area contributed by atoms with Crippen molar-refractivity contribution in [3.05, 3.63) is 71.3 Å². The van der Waals surface area contributed by atoms with E-state index in [1.807, 2.05) is 18.2 Å². The third-order valence-electron chi connectivity index (χ3n) is 3.43. The Morgan fingerprint density at radius 3 is 2.45 bits per heavy atom. The molecule has 1 heterocycles. The molecule has 112 valence electrons.